The first-order valence-electron chi connectivity index (χ1n) is 7.30. The van der Waals surface area contributed by atoms with Gasteiger partial charge in [0.1, 0.15) is 6.61 Å². The molecule has 0 N–H and O–H groups in total. The van der Waals surface area contributed by atoms with Gasteiger partial charge in [0, 0.05) is 13.1 Å². The fourth-order valence-corrected chi connectivity index (χ4v) is 2.47. The average Bonchev–Trinajstić information content (AvgIpc) is 2.55. The molecule has 1 atom stereocenters. The molecule has 0 saturated carbocycles. The summed E-state index contributed by atoms with van der Waals surface area (Å²) in [5, 5.41) is 0. The lowest BCUT2D eigenvalue weighted by atomic mass is 9.90. The molecule has 118 valence electrons. The number of ether oxygens (including phenoxy) is 2. The summed E-state index contributed by atoms with van der Waals surface area (Å²) in [5.41, 5.74) is 1.82. The van der Waals surface area contributed by atoms with Gasteiger partial charge in [-0.15, -0.1) is 0 Å². The first kappa shape index (κ1) is 16.1. The lowest BCUT2D eigenvalue weighted by Crippen LogP contribution is -2.40. The molecule has 0 spiro atoms. The average molecular weight is 303 g/mol. The smallest absolute Gasteiger partial charge is 0.410 e. The highest BCUT2D eigenvalue weighted by Gasteiger charge is 2.28. The molecular formula is C17H21NO4. The van der Waals surface area contributed by atoms with Crippen LogP contribution in [-0.4, -0.2) is 37.2 Å². The minimum Gasteiger partial charge on any atom is -0.469 e. The first-order chi connectivity index (χ1) is 10.6. The molecule has 1 aromatic carbocycles. The third kappa shape index (κ3) is 4.35. The lowest BCUT2D eigenvalue weighted by Gasteiger charge is -2.32. The maximum atomic E-state index is 12.1. The second kappa shape index (κ2) is 7.64. The van der Waals surface area contributed by atoms with Crippen LogP contribution < -0.4 is 0 Å². The number of rotatable bonds is 4. The van der Waals surface area contributed by atoms with Crippen molar-refractivity contribution in [2.45, 2.75) is 19.4 Å². The molecule has 1 aromatic rings. The normalized spacial score (nSPS) is 18.0. The molecule has 0 aliphatic carbocycles. The molecule has 1 amide bonds. The summed E-state index contributed by atoms with van der Waals surface area (Å²) in [6, 6.07) is 9.55. The number of benzene rings is 1. The molecule has 1 fully saturated rings. The number of carbonyl (C=O) groups excluding carboxylic acids is 2. The van der Waals surface area contributed by atoms with Gasteiger partial charge in [0.25, 0.3) is 0 Å². The summed E-state index contributed by atoms with van der Waals surface area (Å²) >= 11 is 0. The van der Waals surface area contributed by atoms with E-state index in [9.17, 15) is 9.59 Å². The number of nitrogens with zero attached hydrogens (tertiary/aromatic N) is 1. The number of esters is 1. The van der Waals surface area contributed by atoms with Gasteiger partial charge in [0.05, 0.1) is 13.5 Å². The molecule has 5 heteroatoms. The van der Waals surface area contributed by atoms with Crippen molar-refractivity contribution in [2.75, 3.05) is 20.2 Å². The van der Waals surface area contributed by atoms with Crippen LogP contribution in [0.2, 0.25) is 0 Å². The van der Waals surface area contributed by atoms with Gasteiger partial charge in [-0.2, -0.15) is 0 Å². The van der Waals surface area contributed by atoms with Crippen LogP contribution in [0.25, 0.3) is 0 Å². The van der Waals surface area contributed by atoms with Crippen molar-refractivity contribution in [3.05, 3.63) is 48.0 Å². The number of hydrogen-bond acceptors (Lipinski definition) is 4. The Morgan fingerprint density at radius 1 is 1.32 bits per heavy atom. The third-order valence-corrected chi connectivity index (χ3v) is 3.82. The zero-order chi connectivity index (χ0) is 15.9. The fourth-order valence-electron chi connectivity index (χ4n) is 2.47. The summed E-state index contributed by atoms with van der Waals surface area (Å²) in [6.07, 6.45) is 0.679. The molecule has 1 aliphatic heterocycles. The van der Waals surface area contributed by atoms with Crippen LogP contribution in [0.4, 0.5) is 4.79 Å². The summed E-state index contributed by atoms with van der Waals surface area (Å²) in [7, 11) is 1.38. The molecule has 1 unspecified atom stereocenters. The zero-order valence-corrected chi connectivity index (χ0v) is 12.8. The monoisotopic (exact) mass is 303 g/mol. The van der Waals surface area contributed by atoms with Crippen LogP contribution in [-0.2, 0) is 20.9 Å². The second-order valence-electron chi connectivity index (χ2n) is 5.39. The van der Waals surface area contributed by atoms with Crippen LogP contribution in [0.5, 0.6) is 0 Å². The quantitative estimate of drug-likeness (QED) is 0.634. The van der Waals surface area contributed by atoms with Gasteiger partial charge in [-0.25, -0.2) is 4.79 Å². The third-order valence-electron chi connectivity index (χ3n) is 3.82. The van der Waals surface area contributed by atoms with E-state index in [2.05, 4.69) is 11.3 Å². The summed E-state index contributed by atoms with van der Waals surface area (Å²) in [6.45, 7) is 5.22. The predicted octanol–water partition coefficient (Wildman–Crippen LogP) is 2.76. The lowest BCUT2D eigenvalue weighted by molar-refractivity contribution is -0.141. The van der Waals surface area contributed by atoms with Crippen LogP contribution in [0.15, 0.2) is 42.5 Å². The molecule has 5 nitrogen and oxygen atoms in total. The SMILES string of the molecule is C=C1CN(C(=O)OCc2ccccc2)CCC1CC(=O)OC. The van der Waals surface area contributed by atoms with E-state index in [0.29, 0.717) is 25.9 Å². The van der Waals surface area contributed by atoms with E-state index in [1.165, 1.54) is 7.11 Å². The summed E-state index contributed by atoms with van der Waals surface area (Å²) in [5.74, 6) is -0.170. The molecule has 1 heterocycles. The van der Waals surface area contributed by atoms with E-state index in [1.807, 2.05) is 30.3 Å². The molecule has 2 rings (SSSR count). The van der Waals surface area contributed by atoms with Gasteiger partial charge in [-0.1, -0.05) is 42.5 Å². The van der Waals surface area contributed by atoms with E-state index in [0.717, 1.165) is 11.1 Å². The molecule has 1 saturated heterocycles. The van der Waals surface area contributed by atoms with Gasteiger partial charge < -0.3 is 14.4 Å². The maximum absolute atomic E-state index is 12.1. The van der Waals surface area contributed by atoms with Gasteiger partial charge in [-0.05, 0) is 17.9 Å². The Labute approximate surface area is 130 Å². The highest BCUT2D eigenvalue weighted by atomic mass is 16.6. The van der Waals surface area contributed by atoms with Crippen LogP contribution in [0.1, 0.15) is 18.4 Å². The Morgan fingerprint density at radius 3 is 2.68 bits per heavy atom. The molecule has 1 aliphatic rings. The summed E-state index contributed by atoms with van der Waals surface area (Å²) < 4.78 is 9.99. The van der Waals surface area contributed by atoms with Crippen molar-refractivity contribution in [1.82, 2.24) is 4.90 Å². The van der Waals surface area contributed by atoms with E-state index in [4.69, 9.17) is 4.74 Å². The van der Waals surface area contributed by atoms with Crippen molar-refractivity contribution in [2.24, 2.45) is 5.92 Å². The highest BCUT2D eigenvalue weighted by molar-refractivity contribution is 5.71. The molecule has 22 heavy (non-hydrogen) atoms. The van der Waals surface area contributed by atoms with Crippen molar-refractivity contribution >= 4 is 12.1 Å². The van der Waals surface area contributed by atoms with Crippen molar-refractivity contribution < 1.29 is 19.1 Å². The van der Waals surface area contributed by atoms with Gasteiger partial charge >= 0.3 is 12.1 Å². The van der Waals surface area contributed by atoms with Crippen molar-refractivity contribution in [3.63, 3.8) is 0 Å². The number of carbonyl (C=O) groups is 2. The van der Waals surface area contributed by atoms with Crippen molar-refractivity contribution in [3.8, 4) is 0 Å². The predicted molar refractivity (Wildman–Crippen MR) is 82.1 cm³/mol. The highest BCUT2D eigenvalue weighted by Crippen LogP contribution is 2.25. The molecule has 0 bridgehead atoms. The number of piperidine rings is 1. The standard InChI is InChI=1S/C17H21NO4/c1-13-11-18(9-8-15(13)10-16(19)21-2)17(20)22-12-14-6-4-3-5-7-14/h3-7,15H,1,8-12H2,2H3. The Kier molecular flexibility index (Phi) is 5.58. The summed E-state index contributed by atoms with van der Waals surface area (Å²) in [4.78, 5) is 25.0. The fraction of sp³-hybridized carbons (Fsp3) is 0.412. The minimum absolute atomic E-state index is 0.0747. The zero-order valence-electron chi connectivity index (χ0n) is 12.8. The number of likely N-dealkylation sites (tertiary alicyclic amines) is 1. The maximum Gasteiger partial charge on any atom is 0.410 e. The van der Waals surface area contributed by atoms with Crippen LogP contribution in [0.3, 0.4) is 0 Å². The second-order valence-corrected chi connectivity index (χ2v) is 5.39. The molecule has 0 aromatic heterocycles. The van der Waals surface area contributed by atoms with E-state index in [1.54, 1.807) is 4.90 Å². The Hall–Kier alpha value is -2.30. The van der Waals surface area contributed by atoms with Crippen LogP contribution in [0, 0.1) is 5.92 Å². The van der Waals surface area contributed by atoms with Gasteiger partial charge in [-0.3, -0.25) is 4.79 Å². The molecular weight excluding hydrogens is 282 g/mol. The van der Waals surface area contributed by atoms with E-state index < -0.39 is 0 Å². The Bertz CT molecular complexity index is 541. The number of methoxy groups -OCH3 is 1. The largest absolute Gasteiger partial charge is 0.469 e. The topological polar surface area (TPSA) is 55.8 Å². The van der Waals surface area contributed by atoms with E-state index in [-0.39, 0.29) is 24.6 Å². The Balaban J connectivity index is 1.81. The molecule has 0 radical (unpaired) electrons. The number of amides is 1. The van der Waals surface area contributed by atoms with Crippen LogP contribution >= 0.6 is 0 Å². The van der Waals surface area contributed by atoms with Gasteiger partial charge in [0.15, 0.2) is 0 Å². The van der Waals surface area contributed by atoms with Crippen molar-refractivity contribution in [1.29, 1.82) is 0 Å². The minimum atomic E-state index is -0.346. The first-order valence-corrected chi connectivity index (χ1v) is 7.30. The van der Waals surface area contributed by atoms with E-state index >= 15 is 0 Å². The van der Waals surface area contributed by atoms with Gasteiger partial charge in [0.2, 0.25) is 0 Å². The Morgan fingerprint density at radius 2 is 2.05 bits per heavy atom. The number of hydrogen-bond donors (Lipinski definition) is 0.